The standard InChI is InChI=1S/C57H53BN2O2/c1-33-25-45-50-46(26-33)60(44-20-19-36(27-34(44)2)35-15-11-9-12-16-35)53-49(38-28-42-43(31-47(38)62-53)57(8)24-23-56(42,7)32-57)58(50)52-51(59(45)37-17-13-10-14-18-37)39-29-40-41(30-48(39)61-52)55(5,6)22-21-54(40,3)4/h9-20,25-31H,21-24,32H2,1-8H3. The van der Waals surface area contributed by atoms with Crippen LogP contribution in [0.15, 0.2) is 124 Å². The van der Waals surface area contributed by atoms with E-state index in [0.29, 0.717) is 0 Å². The van der Waals surface area contributed by atoms with Crippen molar-refractivity contribution in [2.75, 3.05) is 9.80 Å². The lowest BCUT2D eigenvalue weighted by Gasteiger charge is -2.42. The van der Waals surface area contributed by atoms with Crippen LogP contribution in [0.2, 0.25) is 0 Å². The Hall–Kier alpha value is -5.94. The van der Waals surface area contributed by atoms with Crippen molar-refractivity contribution in [1.29, 1.82) is 0 Å². The first kappa shape index (κ1) is 36.7. The minimum absolute atomic E-state index is 0.0524. The molecule has 0 amide bonds. The predicted molar refractivity (Wildman–Crippen MR) is 259 cm³/mol. The van der Waals surface area contributed by atoms with Crippen molar-refractivity contribution in [1.82, 2.24) is 0 Å². The molecule has 0 radical (unpaired) electrons. The van der Waals surface area contributed by atoms with Crippen molar-refractivity contribution < 1.29 is 8.83 Å². The molecule has 5 aliphatic rings. The van der Waals surface area contributed by atoms with Crippen LogP contribution in [0.1, 0.15) is 107 Å². The molecule has 2 aromatic heterocycles. The van der Waals surface area contributed by atoms with Crippen LogP contribution in [-0.4, -0.2) is 6.71 Å². The second-order valence-electron chi connectivity index (χ2n) is 21.5. The van der Waals surface area contributed by atoms with Gasteiger partial charge in [0.05, 0.1) is 17.0 Å². The topological polar surface area (TPSA) is 32.8 Å². The second-order valence-corrected chi connectivity index (χ2v) is 21.5. The van der Waals surface area contributed by atoms with Gasteiger partial charge in [-0.3, -0.25) is 4.90 Å². The second kappa shape index (κ2) is 11.9. The number of hydrogen-bond acceptors (Lipinski definition) is 4. The number of benzene rings is 6. The maximum absolute atomic E-state index is 7.53. The van der Waals surface area contributed by atoms with Crippen molar-refractivity contribution in [3.05, 3.63) is 149 Å². The van der Waals surface area contributed by atoms with Crippen LogP contribution < -0.4 is 26.4 Å². The highest BCUT2D eigenvalue weighted by Crippen LogP contribution is 2.61. The van der Waals surface area contributed by atoms with Gasteiger partial charge < -0.3 is 13.7 Å². The van der Waals surface area contributed by atoms with E-state index in [9.17, 15) is 0 Å². The molecule has 4 heterocycles. The number of aryl methyl sites for hydroxylation is 2. The summed E-state index contributed by atoms with van der Waals surface area (Å²) in [5, 5.41) is 2.40. The zero-order valence-electron chi connectivity index (χ0n) is 37.3. The summed E-state index contributed by atoms with van der Waals surface area (Å²) in [6, 6.07) is 43.3. The van der Waals surface area contributed by atoms with Crippen LogP contribution in [0.4, 0.5) is 34.3 Å². The smallest absolute Gasteiger partial charge is 0.302 e. The van der Waals surface area contributed by atoms with Crippen molar-refractivity contribution in [2.45, 2.75) is 109 Å². The number of anilines is 6. The first-order chi connectivity index (χ1) is 29.7. The summed E-state index contributed by atoms with van der Waals surface area (Å²) < 4.78 is 15.0. The van der Waals surface area contributed by atoms with Gasteiger partial charge >= 0.3 is 6.71 Å². The average molecular weight is 809 g/mol. The predicted octanol–water partition coefficient (Wildman–Crippen LogP) is 13.6. The summed E-state index contributed by atoms with van der Waals surface area (Å²) >= 11 is 0. The fourth-order valence-electron chi connectivity index (χ4n) is 13.1. The molecule has 1 saturated carbocycles. The normalized spacial score (nSPS) is 22.2. The van der Waals surface area contributed by atoms with Gasteiger partial charge in [-0.25, -0.2) is 0 Å². The molecule has 0 saturated heterocycles. The lowest BCUT2D eigenvalue weighted by atomic mass is 9.35. The van der Waals surface area contributed by atoms with Crippen molar-refractivity contribution in [2.24, 2.45) is 0 Å². The molecular weight excluding hydrogens is 755 g/mol. The van der Waals surface area contributed by atoms with E-state index in [0.717, 1.165) is 58.3 Å². The van der Waals surface area contributed by atoms with E-state index in [4.69, 9.17) is 8.83 Å². The van der Waals surface area contributed by atoms with E-state index >= 15 is 0 Å². The number of hydrogen-bond donors (Lipinski definition) is 0. The van der Waals surface area contributed by atoms with Gasteiger partial charge in [-0.15, -0.1) is 0 Å². The number of rotatable bonds is 3. The van der Waals surface area contributed by atoms with Gasteiger partial charge in [0.2, 0.25) is 5.88 Å². The summed E-state index contributed by atoms with van der Waals surface area (Å²) in [6.07, 6.45) is 5.97. The van der Waals surface area contributed by atoms with Crippen molar-refractivity contribution in [3.8, 4) is 11.1 Å². The van der Waals surface area contributed by atoms with Gasteiger partial charge in [-0.2, -0.15) is 0 Å². The first-order valence-electron chi connectivity index (χ1n) is 22.9. The highest BCUT2D eigenvalue weighted by molar-refractivity contribution is 7.01. The maximum atomic E-state index is 7.53. The Bertz CT molecular complexity index is 3250. The zero-order valence-corrected chi connectivity index (χ0v) is 37.3. The summed E-state index contributed by atoms with van der Waals surface area (Å²) in [5.74, 6) is 0.900. The monoisotopic (exact) mass is 808 g/mol. The molecule has 2 aliphatic heterocycles. The Kier molecular flexibility index (Phi) is 7.07. The Morgan fingerprint density at radius 3 is 1.81 bits per heavy atom. The summed E-state index contributed by atoms with van der Waals surface area (Å²) in [4.78, 5) is 4.97. The highest BCUT2D eigenvalue weighted by atomic mass is 16.4. The molecule has 2 bridgehead atoms. The summed E-state index contributed by atoms with van der Waals surface area (Å²) in [7, 11) is 0. The van der Waals surface area contributed by atoms with E-state index < -0.39 is 0 Å². The molecule has 5 heteroatoms. The lowest BCUT2D eigenvalue weighted by molar-refractivity contribution is 0.332. The maximum Gasteiger partial charge on any atom is 0.302 e. The molecule has 6 aromatic carbocycles. The fraction of sp³-hybridized carbons (Fsp3) is 0.298. The van der Waals surface area contributed by atoms with E-state index in [1.54, 1.807) is 0 Å². The third-order valence-corrected chi connectivity index (χ3v) is 16.4. The number of furan rings is 2. The Morgan fingerprint density at radius 1 is 0.516 bits per heavy atom. The van der Waals surface area contributed by atoms with Crippen LogP contribution in [0.25, 0.3) is 33.1 Å². The SMILES string of the molecule is Cc1cc2c3c(c1)N(c1ccccc1)c1c(oc4cc5c(cc14)C(C)(C)CCC5(C)C)B3c1c(oc3cc4c(cc13)C1(C)CCC4(C)C1)N2c1ccc(-c2ccccc2)cc1C. The van der Waals surface area contributed by atoms with E-state index in [2.05, 4.69) is 180 Å². The molecule has 306 valence electrons. The number of para-hydroxylation sites is 1. The molecule has 3 aliphatic carbocycles. The third-order valence-electron chi connectivity index (χ3n) is 16.4. The fourth-order valence-corrected chi connectivity index (χ4v) is 13.1. The van der Waals surface area contributed by atoms with Gasteiger partial charge in [-0.05, 0) is 178 Å². The minimum atomic E-state index is -0.183. The van der Waals surface area contributed by atoms with E-state index in [-0.39, 0.29) is 28.4 Å². The quantitative estimate of drug-likeness (QED) is 0.166. The van der Waals surface area contributed by atoms with Crippen LogP contribution in [0.5, 0.6) is 0 Å². The molecular formula is C57H53BN2O2. The van der Waals surface area contributed by atoms with Gasteiger partial charge in [0.25, 0.3) is 0 Å². The van der Waals surface area contributed by atoms with Crippen LogP contribution in [-0.2, 0) is 21.7 Å². The van der Waals surface area contributed by atoms with Crippen LogP contribution >= 0.6 is 0 Å². The molecule has 2 atom stereocenters. The molecule has 0 N–H and O–H groups in total. The van der Waals surface area contributed by atoms with Crippen LogP contribution in [0.3, 0.4) is 0 Å². The molecule has 62 heavy (non-hydrogen) atoms. The molecule has 0 spiro atoms. The van der Waals surface area contributed by atoms with Gasteiger partial charge in [0.15, 0.2) is 0 Å². The lowest BCUT2D eigenvalue weighted by Crippen LogP contribution is -2.60. The third kappa shape index (κ3) is 4.75. The summed E-state index contributed by atoms with van der Waals surface area (Å²) in [6.45, 7) is 19.0. The average Bonchev–Trinajstić information content (AvgIpc) is 3.97. The summed E-state index contributed by atoms with van der Waals surface area (Å²) in [5.41, 5.74) is 22.3. The highest BCUT2D eigenvalue weighted by Gasteiger charge is 2.55. The Labute approximate surface area is 365 Å². The van der Waals surface area contributed by atoms with E-state index in [1.165, 1.54) is 91.2 Å². The van der Waals surface area contributed by atoms with Gasteiger partial charge in [-0.1, -0.05) is 96.1 Å². The molecule has 1 fully saturated rings. The first-order valence-corrected chi connectivity index (χ1v) is 22.9. The van der Waals surface area contributed by atoms with Gasteiger partial charge in [0.1, 0.15) is 11.2 Å². The minimum Gasteiger partial charge on any atom is -0.468 e. The van der Waals surface area contributed by atoms with Gasteiger partial charge in [0, 0.05) is 33.3 Å². The molecule has 8 aromatic rings. The molecule has 2 unspecified atom stereocenters. The Balaban J connectivity index is 1.15. The Morgan fingerprint density at radius 2 is 1.11 bits per heavy atom. The van der Waals surface area contributed by atoms with E-state index in [1.807, 2.05) is 0 Å². The zero-order chi connectivity index (χ0) is 42.2. The number of nitrogens with zero attached hydrogens (tertiary/aromatic N) is 2. The molecule has 4 nitrogen and oxygen atoms in total. The van der Waals surface area contributed by atoms with Crippen LogP contribution in [0, 0.1) is 13.8 Å². The largest absolute Gasteiger partial charge is 0.468 e. The van der Waals surface area contributed by atoms with Crippen molar-refractivity contribution in [3.63, 3.8) is 0 Å². The molecule has 13 rings (SSSR count). The number of fused-ring (bicyclic) bond motifs is 14. The van der Waals surface area contributed by atoms with Crippen molar-refractivity contribution >= 4 is 79.6 Å².